The van der Waals surface area contributed by atoms with E-state index in [1.54, 1.807) is 0 Å². The second kappa shape index (κ2) is 6.59. The van der Waals surface area contributed by atoms with Gasteiger partial charge in [0.25, 0.3) is 0 Å². The third-order valence-electron chi connectivity index (χ3n) is 2.76. The predicted octanol–water partition coefficient (Wildman–Crippen LogP) is 0.493. The van der Waals surface area contributed by atoms with Crippen LogP contribution in [0.15, 0.2) is 30.3 Å². The average Bonchev–Trinajstić information content (AvgIpc) is 2.31. The third-order valence-corrected chi connectivity index (χ3v) is 2.76. The highest BCUT2D eigenvalue weighted by atomic mass is 35.5. The Morgan fingerprint density at radius 1 is 1.41 bits per heavy atom. The maximum atomic E-state index is 11.2. The summed E-state index contributed by atoms with van der Waals surface area (Å²) in [7, 11) is 0. The fourth-order valence-electron chi connectivity index (χ4n) is 1.96. The average molecular weight is 257 g/mol. The van der Waals surface area contributed by atoms with E-state index in [1.807, 2.05) is 30.3 Å². The van der Waals surface area contributed by atoms with Crippen molar-refractivity contribution < 1.29 is 9.53 Å². The van der Waals surface area contributed by atoms with Gasteiger partial charge in [-0.25, -0.2) is 0 Å². The van der Waals surface area contributed by atoms with Crippen molar-refractivity contribution >= 4 is 18.3 Å². The molecule has 2 rings (SSSR count). The highest BCUT2D eigenvalue weighted by molar-refractivity contribution is 5.85. The molecule has 1 aliphatic heterocycles. The molecule has 3 N–H and O–H groups in total. The molecule has 4 nitrogen and oxygen atoms in total. The van der Waals surface area contributed by atoms with Crippen LogP contribution in [0.5, 0.6) is 0 Å². The molecular weight excluding hydrogens is 240 g/mol. The molecule has 17 heavy (non-hydrogen) atoms. The van der Waals surface area contributed by atoms with Gasteiger partial charge in [0.1, 0.15) is 6.04 Å². The Balaban J connectivity index is 0.00000144. The van der Waals surface area contributed by atoms with Crippen LogP contribution in [0.2, 0.25) is 0 Å². The first-order valence-electron chi connectivity index (χ1n) is 5.45. The number of ether oxygens (including phenoxy) is 1. The summed E-state index contributed by atoms with van der Waals surface area (Å²) in [6.45, 7) is 1.31. The first kappa shape index (κ1) is 14.0. The van der Waals surface area contributed by atoms with Gasteiger partial charge in [-0.15, -0.1) is 12.4 Å². The molecule has 1 saturated heterocycles. The van der Waals surface area contributed by atoms with Crippen LogP contribution in [0.1, 0.15) is 5.56 Å². The van der Waals surface area contributed by atoms with Crippen molar-refractivity contribution in [2.24, 2.45) is 5.73 Å². The number of carbonyl (C=O) groups excluding carboxylic acids is 1. The number of nitrogens with one attached hydrogen (secondary N) is 1. The fraction of sp³-hybridized carbons (Fsp3) is 0.417. The molecule has 0 aliphatic carbocycles. The molecule has 0 bridgehead atoms. The van der Waals surface area contributed by atoms with E-state index in [-0.39, 0.29) is 30.5 Å². The number of rotatable bonds is 3. The molecular formula is C12H17ClN2O2. The van der Waals surface area contributed by atoms with Crippen molar-refractivity contribution in [2.45, 2.75) is 18.6 Å². The summed E-state index contributed by atoms with van der Waals surface area (Å²) in [5.41, 5.74) is 6.48. The Hall–Kier alpha value is -1.10. The Labute approximate surface area is 107 Å². The lowest BCUT2D eigenvalue weighted by atomic mass is 10.0. The smallest absolute Gasteiger partial charge is 0.237 e. The van der Waals surface area contributed by atoms with Crippen LogP contribution >= 0.6 is 12.4 Å². The van der Waals surface area contributed by atoms with Crippen LogP contribution in [0.3, 0.4) is 0 Å². The lowest BCUT2D eigenvalue weighted by Crippen LogP contribution is -2.55. The van der Waals surface area contributed by atoms with E-state index < -0.39 is 0 Å². The molecule has 0 aromatic heterocycles. The molecule has 0 radical (unpaired) electrons. The normalized spacial score (nSPS) is 23.8. The number of primary amides is 1. The first-order valence-corrected chi connectivity index (χ1v) is 5.45. The molecule has 0 spiro atoms. The molecule has 5 heteroatoms. The van der Waals surface area contributed by atoms with E-state index in [9.17, 15) is 4.79 Å². The summed E-state index contributed by atoms with van der Waals surface area (Å²) in [5, 5.41) is 3.09. The number of halogens is 1. The second-order valence-corrected chi connectivity index (χ2v) is 3.93. The highest BCUT2D eigenvalue weighted by Gasteiger charge is 2.29. The van der Waals surface area contributed by atoms with Gasteiger partial charge < -0.3 is 15.8 Å². The van der Waals surface area contributed by atoms with Crippen LogP contribution < -0.4 is 11.1 Å². The monoisotopic (exact) mass is 256 g/mol. The summed E-state index contributed by atoms with van der Waals surface area (Å²) < 4.78 is 5.59. The van der Waals surface area contributed by atoms with Gasteiger partial charge in [0, 0.05) is 13.0 Å². The third kappa shape index (κ3) is 3.70. The summed E-state index contributed by atoms with van der Waals surface area (Å²) in [6, 6.07) is 9.59. The van der Waals surface area contributed by atoms with Crippen LogP contribution in [-0.4, -0.2) is 31.2 Å². The van der Waals surface area contributed by atoms with E-state index in [1.165, 1.54) is 0 Å². The van der Waals surface area contributed by atoms with E-state index in [0.29, 0.717) is 19.6 Å². The molecule has 1 aromatic carbocycles. The molecule has 1 aliphatic rings. The zero-order valence-corrected chi connectivity index (χ0v) is 10.3. The van der Waals surface area contributed by atoms with Crippen molar-refractivity contribution in [1.82, 2.24) is 5.32 Å². The van der Waals surface area contributed by atoms with Gasteiger partial charge in [-0.1, -0.05) is 30.3 Å². The number of morpholine rings is 1. The Morgan fingerprint density at radius 2 is 2.12 bits per heavy atom. The maximum Gasteiger partial charge on any atom is 0.237 e. The Kier molecular flexibility index (Phi) is 5.41. The molecule has 94 valence electrons. The SMILES string of the molecule is Cl.NC(=O)C1NCCOC1Cc1ccccc1. The zero-order chi connectivity index (χ0) is 11.4. The molecule has 0 saturated carbocycles. The van der Waals surface area contributed by atoms with Crippen LogP contribution in [0, 0.1) is 0 Å². The largest absolute Gasteiger partial charge is 0.374 e. The van der Waals surface area contributed by atoms with Gasteiger partial charge >= 0.3 is 0 Å². The van der Waals surface area contributed by atoms with Gasteiger partial charge in [0.2, 0.25) is 5.91 Å². The van der Waals surface area contributed by atoms with Crippen molar-refractivity contribution in [2.75, 3.05) is 13.2 Å². The van der Waals surface area contributed by atoms with E-state index in [4.69, 9.17) is 10.5 Å². The lowest BCUT2D eigenvalue weighted by Gasteiger charge is -2.30. The topological polar surface area (TPSA) is 64.4 Å². The van der Waals surface area contributed by atoms with E-state index >= 15 is 0 Å². The predicted molar refractivity (Wildman–Crippen MR) is 68.1 cm³/mol. The van der Waals surface area contributed by atoms with Crippen molar-refractivity contribution in [1.29, 1.82) is 0 Å². The summed E-state index contributed by atoms with van der Waals surface area (Å²) in [5.74, 6) is -0.347. The van der Waals surface area contributed by atoms with Gasteiger partial charge in [0.05, 0.1) is 12.7 Å². The zero-order valence-electron chi connectivity index (χ0n) is 9.46. The standard InChI is InChI=1S/C12H16N2O2.ClH/c13-12(15)11-10(16-7-6-14-11)8-9-4-2-1-3-5-9;/h1-5,10-11,14H,6-8H2,(H2,13,15);1H. The fourth-order valence-corrected chi connectivity index (χ4v) is 1.96. The first-order chi connectivity index (χ1) is 7.77. The summed E-state index contributed by atoms with van der Waals surface area (Å²) >= 11 is 0. The Morgan fingerprint density at radius 3 is 2.76 bits per heavy atom. The molecule has 2 atom stereocenters. The summed E-state index contributed by atoms with van der Waals surface area (Å²) in [4.78, 5) is 11.2. The molecule has 1 heterocycles. The lowest BCUT2D eigenvalue weighted by molar-refractivity contribution is -0.126. The number of hydrogen-bond acceptors (Lipinski definition) is 3. The quantitative estimate of drug-likeness (QED) is 0.828. The van der Waals surface area contributed by atoms with Crippen molar-refractivity contribution in [3.8, 4) is 0 Å². The van der Waals surface area contributed by atoms with Gasteiger partial charge in [-0.05, 0) is 5.56 Å². The number of nitrogens with two attached hydrogens (primary N) is 1. The molecule has 1 amide bonds. The Bertz CT molecular complexity index is 359. The summed E-state index contributed by atoms with van der Waals surface area (Å²) in [6.07, 6.45) is 0.551. The highest BCUT2D eigenvalue weighted by Crippen LogP contribution is 2.12. The molecule has 1 aromatic rings. The molecule has 2 unspecified atom stereocenters. The van der Waals surface area contributed by atoms with E-state index in [0.717, 1.165) is 5.56 Å². The number of amides is 1. The van der Waals surface area contributed by atoms with E-state index in [2.05, 4.69) is 5.32 Å². The van der Waals surface area contributed by atoms with Crippen LogP contribution in [0.4, 0.5) is 0 Å². The minimum Gasteiger partial charge on any atom is -0.374 e. The molecule has 1 fully saturated rings. The minimum absolute atomic E-state index is 0. The van der Waals surface area contributed by atoms with Gasteiger partial charge in [-0.3, -0.25) is 4.79 Å². The number of hydrogen-bond donors (Lipinski definition) is 2. The minimum atomic E-state index is -0.381. The van der Waals surface area contributed by atoms with Crippen molar-refractivity contribution in [3.63, 3.8) is 0 Å². The van der Waals surface area contributed by atoms with Crippen LogP contribution in [-0.2, 0) is 16.0 Å². The number of benzene rings is 1. The number of carbonyl (C=O) groups is 1. The maximum absolute atomic E-state index is 11.2. The van der Waals surface area contributed by atoms with Crippen molar-refractivity contribution in [3.05, 3.63) is 35.9 Å². The second-order valence-electron chi connectivity index (χ2n) is 3.93. The van der Waals surface area contributed by atoms with Gasteiger partial charge in [-0.2, -0.15) is 0 Å². The van der Waals surface area contributed by atoms with Crippen LogP contribution in [0.25, 0.3) is 0 Å². The van der Waals surface area contributed by atoms with Gasteiger partial charge in [0.15, 0.2) is 0 Å².